The molecule has 0 aliphatic carbocycles. The van der Waals surface area contributed by atoms with E-state index in [2.05, 4.69) is 59.9 Å². The fourth-order valence-corrected chi connectivity index (χ4v) is 2.74. The van der Waals surface area contributed by atoms with Crippen LogP contribution in [-0.2, 0) is 12.8 Å². The molecule has 2 aromatic rings. The fourth-order valence-electron chi connectivity index (χ4n) is 2.74. The third-order valence-corrected chi connectivity index (χ3v) is 4.37. The van der Waals surface area contributed by atoms with E-state index in [1.54, 1.807) is 0 Å². The van der Waals surface area contributed by atoms with Gasteiger partial charge in [-0.1, -0.05) is 64.0 Å². The summed E-state index contributed by atoms with van der Waals surface area (Å²) in [6.45, 7) is 4.46. The molecule has 1 aromatic carbocycles. The normalized spacial score (nSPS) is 10.3. The van der Waals surface area contributed by atoms with Crippen molar-refractivity contribution in [2.24, 2.45) is 0 Å². The molecule has 2 rings (SSSR count). The third-order valence-electron chi connectivity index (χ3n) is 4.37. The lowest BCUT2D eigenvalue weighted by atomic mass is 10.1. The Balaban J connectivity index is 1.83. The predicted molar refractivity (Wildman–Crippen MR) is 106 cm³/mol. The van der Waals surface area contributed by atoms with Gasteiger partial charge in [-0.3, -0.25) is 0 Å². The van der Waals surface area contributed by atoms with Gasteiger partial charge in [0.2, 0.25) is 5.82 Å². The molecule has 0 aliphatic rings. The molecule has 25 heavy (non-hydrogen) atoms. The van der Waals surface area contributed by atoms with E-state index in [1.165, 1.54) is 56.1 Å². The van der Waals surface area contributed by atoms with Gasteiger partial charge in [0.15, 0.2) is 0 Å². The molecule has 0 amide bonds. The molecule has 132 valence electrons. The number of rotatable bonds is 9. The number of aryl methyl sites for hydroxylation is 2. The Hall–Kier alpha value is -2.14. The number of hydrogen-bond acceptors (Lipinski definition) is 2. The highest BCUT2D eigenvalue weighted by Gasteiger charge is 1.97. The van der Waals surface area contributed by atoms with E-state index < -0.39 is 0 Å². The lowest BCUT2D eigenvalue weighted by Crippen LogP contribution is -1.93. The van der Waals surface area contributed by atoms with Crippen LogP contribution in [0.4, 0.5) is 0 Å². The van der Waals surface area contributed by atoms with Crippen molar-refractivity contribution in [2.75, 3.05) is 0 Å². The molecule has 0 radical (unpaired) electrons. The molecule has 0 saturated carbocycles. The number of benzene rings is 1. The highest BCUT2D eigenvalue weighted by atomic mass is 14.8. The monoisotopic (exact) mass is 334 g/mol. The van der Waals surface area contributed by atoms with Crippen molar-refractivity contribution in [3.8, 4) is 11.8 Å². The maximum Gasteiger partial charge on any atom is 0.205 e. The van der Waals surface area contributed by atoms with Gasteiger partial charge >= 0.3 is 0 Å². The van der Waals surface area contributed by atoms with Crippen LogP contribution < -0.4 is 0 Å². The van der Waals surface area contributed by atoms with Crippen LogP contribution in [0.5, 0.6) is 0 Å². The summed E-state index contributed by atoms with van der Waals surface area (Å²) in [5.41, 5.74) is 3.61. The lowest BCUT2D eigenvalue weighted by molar-refractivity contribution is 0.631. The first-order valence-corrected chi connectivity index (χ1v) is 9.73. The van der Waals surface area contributed by atoms with Crippen LogP contribution in [0.2, 0.25) is 0 Å². The average Bonchev–Trinajstić information content (AvgIpc) is 2.66. The predicted octanol–water partition coefficient (Wildman–Crippen LogP) is 5.73. The second-order valence-corrected chi connectivity index (χ2v) is 6.63. The van der Waals surface area contributed by atoms with Crippen molar-refractivity contribution in [3.63, 3.8) is 0 Å². The van der Waals surface area contributed by atoms with Crippen LogP contribution >= 0.6 is 0 Å². The van der Waals surface area contributed by atoms with Crippen LogP contribution in [0.3, 0.4) is 0 Å². The summed E-state index contributed by atoms with van der Waals surface area (Å²) >= 11 is 0. The number of nitrogens with zero attached hydrogens (tertiary/aromatic N) is 2. The zero-order chi connectivity index (χ0) is 17.7. The molecular weight excluding hydrogens is 304 g/mol. The van der Waals surface area contributed by atoms with Gasteiger partial charge in [-0.15, -0.1) is 0 Å². The second-order valence-electron chi connectivity index (χ2n) is 6.63. The fraction of sp³-hybridized carbons (Fsp3) is 0.478. The van der Waals surface area contributed by atoms with Gasteiger partial charge in [-0.25, -0.2) is 9.97 Å². The Morgan fingerprint density at radius 1 is 0.680 bits per heavy atom. The van der Waals surface area contributed by atoms with Crippen molar-refractivity contribution in [2.45, 2.75) is 71.6 Å². The molecular formula is C23H30N2. The summed E-state index contributed by atoms with van der Waals surface area (Å²) in [4.78, 5) is 8.76. The SMILES string of the molecule is CCCCCCCc1cnc(C#Cc2ccc(CCCC)cc2)nc1. The van der Waals surface area contributed by atoms with Crippen LogP contribution in [0.25, 0.3) is 0 Å². The van der Waals surface area contributed by atoms with Gasteiger partial charge in [0.1, 0.15) is 0 Å². The molecule has 0 saturated heterocycles. The number of hydrogen-bond donors (Lipinski definition) is 0. The Labute approximate surface area is 153 Å². The highest BCUT2D eigenvalue weighted by molar-refractivity contribution is 5.39. The van der Waals surface area contributed by atoms with Crippen molar-refractivity contribution >= 4 is 0 Å². The summed E-state index contributed by atoms with van der Waals surface area (Å²) < 4.78 is 0. The van der Waals surface area contributed by atoms with E-state index in [1.807, 2.05) is 12.4 Å². The van der Waals surface area contributed by atoms with Gasteiger partial charge in [0.05, 0.1) is 0 Å². The highest BCUT2D eigenvalue weighted by Crippen LogP contribution is 2.08. The zero-order valence-electron chi connectivity index (χ0n) is 15.7. The van der Waals surface area contributed by atoms with Crippen molar-refractivity contribution in [1.29, 1.82) is 0 Å². The third kappa shape index (κ3) is 7.52. The maximum absolute atomic E-state index is 4.38. The van der Waals surface area contributed by atoms with E-state index in [0.717, 1.165) is 18.4 Å². The van der Waals surface area contributed by atoms with Gasteiger partial charge in [-0.05, 0) is 54.9 Å². The molecule has 1 aromatic heterocycles. The molecule has 0 bridgehead atoms. The first kappa shape index (κ1) is 19.2. The molecule has 0 spiro atoms. The van der Waals surface area contributed by atoms with Gasteiger partial charge < -0.3 is 0 Å². The molecule has 1 heterocycles. The summed E-state index contributed by atoms with van der Waals surface area (Å²) in [5, 5.41) is 0. The van der Waals surface area contributed by atoms with E-state index in [0.29, 0.717) is 5.82 Å². The minimum atomic E-state index is 0.602. The largest absolute Gasteiger partial charge is 0.229 e. The second kappa shape index (κ2) is 11.4. The summed E-state index contributed by atoms with van der Waals surface area (Å²) in [7, 11) is 0. The van der Waals surface area contributed by atoms with Crippen molar-refractivity contribution < 1.29 is 0 Å². The Morgan fingerprint density at radius 3 is 2.00 bits per heavy atom. The molecule has 0 unspecified atom stereocenters. The van der Waals surface area contributed by atoms with Crippen LogP contribution in [0.1, 0.15) is 81.3 Å². The minimum absolute atomic E-state index is 0.602. The van der Waals surface area contributed by atoms with Crippen molar-refractivity contribution in [1.82, 2.24) is 9.97 Å². The summed E-state index contributed by atoms with van der Waals surface area (Å²) in [6.07, 6.45) is 15.0. The van der Waals surface area contributed by atoms with Gasteiger partial charge in [0, 0.05) is 18.0 Å². The lowest BCUT2D eigenvalue weighted by Gasteiger charge is -2.01. The molecule has 2 heteroatoms. The standard InChI is InChI=1S/C23H30N2/c1-3-5-7-8-9-11-22-18-24-23(25-19-22)17-16-21-14-12-20(13-15-21)10-6-4-2/h12-15,18-19H,3-11H2,1-2H3. The molecule has 0 fully saturated rings. The van der Waals surface area contributed by atoms with E-state index in [-0.39, 0.29) is 0 Å². The molecule has 2 nitrogen and oxygen atoms in total. The van der Waals surface area contributed by atoms with Gasteiger partial charge in [-0.2, -0.15) is 0 Å². The number of unbranched alkanes of at least 4 members (excludes halogenated alkanes) is 5. The summed E-state index contributed by atoms with van der Waals surface area (Å²) in [5.74, 6) is 6.82. The number of aromatic nitrogens is 2. The average molecular weight is 335 g/mol. The first-order chi connectivity index (χ1) is 12.3. The van der Waals surface area contributed by atoms with Gasteiger partial charge in [0.25, 0.3) is 0 Å². The molecule has 0 N–H and O–H groups in total. The van der Waals surface area contributed by atoms with E-state index in [4.69, 9.17) is 0 Å². The topological polar surface area (TPSA) is 25.8 Å². The van der Waals surface area contributed by atoms with Crippen LogP contribution in [0.15, 0.2) is 36.7 Å². The quantitative estimate of drug-likeness (QED) is 0.432. The minimum Gasteiger partial charge on any atom is -0.229 e. The molecule has 0 atom stereocenters. The molecule has 0 aliphatic heterocycles. The smallest absolute Gasteiger partial charge is 0.205 e. The van der Waals surface area contributed by atoms with Crippen LogP contribution in [-0.4, -0.2) is 9.97 Å². The van der Waals surface area contributed by atoms with E-state index in [9.17, 15) is 0 Å². The van der Waals surface area contributed by atoms with E-state index >= 15 is 0 Å². The Bertz CT molecular complexity index is 660. The Morgan fingerprint density at radius 2 is 1.32 bits per heavy atom. The summed E-state index contributed by atoms with van der Waals surface area (Å²) in [6, 6.07) is 8.51. The van der Waals surface area contributed by atoms with Crippen LogP contribution in [0, 0.1) is 11.8 Å². The zero-order valence-corrected chi connectivity index (χ0v) is 15.7. The van der Waals surface area contributed by atoms with Crippen molar-refractivity contribution in [3.05, 3.63) is 59.2 Å². The first-order valence-electron chi connectivity index (χ1n) is 9.73. The Kier molecular flexibility index (Phi) is 8.77. The maximum atomic E-state index is 4.38.